The average molecular weight is 210 g/mol. The van der Waals surface area contributed by atoms with Crippen molar-refractivity contribution in [3.63, 3.8) is 0 Å². The summed E-state index contributed by atoms with van der Waals surface area (Å²) >= 11 is 0. The van der Waals surface area contributed by atoms with E-state index in [0.717, 1.165) is 39.2 Å². The molecular formula is C11H18N2O2. The van der Waals surface area contributed by atoms with Gasteiger partial charge in [0.05, 0.1) is 12.5 Å². The van der Waals surface area contributed by atoms with Crippen molar-refractivity contribution in [2.45, 2.75) is 6.42 Å². The van der Waals surface area contributed by atoms with Crippen LogP contribution in [0.15, 0.2) is 0 Å². The van der Waals surface area contributed by atoms with Crippen molar-refractivity contribution in [2.75, 3.05) is 39.4 Å². The van der Waals surface area contributed by atoms with E-state index in [1.54, 1.807) is 0 Å². The number of nitrogens with one attached hydrogen (secondary N) is 1. The smallest absolute Gasteiger partial charge is 0.228 e. The number of amides is 1. The lowest BCUT2D eigenvalue weighted by Gasteiger charge is -2.20. The van der Waals surface area contributed by atoms with Crippen molar-refractivity contribution in [3.8, 4) is 0 Å². The Hall–Kier alpha value is -0.610. The number of ether oxygens (including phenoxy) is 1. The Morgan fingerprint density at radius 3 is 2.60 bits per heavy atom. The summed E-state index contributed by atoms with van der Waals surface area (Å²) in [4.78, 5) is 14.2. The molecule has 0 bridgehead atoms. The molecule has 0 aromatic carbocycles. The first-order chi connectivity index (χ1) is 7.34. The summed E-state index contributed by atoms with van der Waals surface area (Å²) in [5.74, 6) is 1.89. The molecule has 0 aromatic heterocycles. The van der Waals surface area contributed by atoms with E-state index in [0.29, 0.717) is 24.3 Å². The number of nitrogens with zero attached hydrogens (tertiary/aromatic N) is 1. The lowest BCUT2D eigenvalue weighted by molar-refractivity contribution is -0.134. The summed E-state index contributed by atoms with van der Waals surface area (Å²) in [6.07, 6.45) is 0.920. The molecule has 0 aliphatic carbocycles. The van der Waals surface area contributed by atoms with Crippen LogP contribution in [0.3, 0.4) is 0 Å². The number of hydrogen-bond acceptors (Lipinski definition) is 3. The first kappa shape index (κ1) is 9.60. The van der Waals surface area contributed by atoms with Gasteiger partial charge >= 0.3 is 0 Å². The van der Waals surface area contributed by atoms with Crippen LogP contribution in [0, 0.1) is 17.8 Å². The normalized spacial score (nSPS) is 39.7. The number of rotatable bonds is 1. The third-order valence-corrected chi connectivity index (χ3v) is 3.98. The second-order valence-electron chi connectivity index (χ2n) is 4.98. The van der Waals surface area contributed by atoms with E-state index >= 15 is 0 Å². The van der Waals surface area contributed by atoms with Crippen molar-refractivity contribution in [1.82, 2.24) is 10.2 Å². The molecule has 3 aliphatic heterocycles. The Morgan fingerprint density at radius 1 is 1.27 bits per heavy atom. The maximum absolute atomic E-state index is 12.1. The van der Waals surface area contributed by atoms with E-state index in [4.69, 9.17) is 4.74 Å². The molecule has 15 heavy (non-hydrogen) atoms. The van der Waals surface area contributed by atoms with Gasteiger partial charge in [0.2, 0.25) is 5.91 Å². The topological polar surface area (TPSA) is 41.6 Å². The fourth-order valence-corrected chi connectivity index (χ4v) is 3.02. The molecule has 3 heterocycles. The molecule has 3 fully saturated rings. The summed E-state index contributed by atoms with van der Waals surface area (Å²) in [6.45, 7) is 5.52. The minimum absolute atomic E-state index is 0.150. The molecule has 3 rings (SSSR count). The SMILES string of the molecule is O=C(C1CCOC1)N1C[C@H]2CNC[C@H]2C1. The minimum Gasteiger partial charge on any atom is -0.381 e. The average Bonchev–Trinajstić information content (AvgIpc) is 2.92. The van der Waals surface area contributed by atoms with Crippen LogP contribution in [0.2, 0.25) is 0 Å². The van der Waals surface area contributed by atoms with Crippen LogP contribution in [0.4, 0.5) is 0 Å². The molecule has 0 radical (unpaired) electrons. The highest BCUT2D eigenvalue weighted by Gasteiger charge is 2.40. The molecule has 0 saturated carbocycles. The number of carbonyl (C=O) groups excluding carboxylic acids is 1. The van der Waals surface area contributed by atoms with Crippen LogP contribution in [0.1, 0.15) is 6.42 Å². The van der Waals surface area contributed by atoms with Crippen molar-refractivity contribution in [2.24, 2.45) is 17.8 Å². The number of carbonyl (C=O) groups is 1. The van der Waals surface area contributed by atoms with Crippen LogP contribution in [-0.2, 0) is 9.53 Å². The van der Waals surface area contributed by atoms with Gasteiger partial charge in [-0.3, -0.25) is 4.79 Å². The second kappa shape index (κ2) is 3.76. The molecule has 4 heteroatoms. The van der Waals surface area contributed by atoms with Gasteiger partial charge in [0.15, 0.2) is 0 Å². The zero-order valence-corrected chi connectivity index (χ0v) is 8.95. The highest BCUT2D eigenvalue weighted by Crippen LogP contribution is 2.28. The van der Waals surface area contributed by atoms with Crippen LogP contribution in [-0.4, -0.2) is 50.2 Å². The van der Waals surface area contributed by atoms with E-state index in [-0.39, 0.29) is 5.92 Å². The predicted octanol–water partition coefficient (Wildman–Crippen LogP) is -0.299. The van der Waals surface area contributed by atoms with Crippen LogP contribution >= 0.6 is 0 Å². The maximum Gasteiger partial charge on any atom is 0.228 e. The maximum atomic E-state index is 12.1. The van der Waals surface area contributed by atoms with E-state index in [9.17, 15) is 4.79 Å². The van der Waals surface area contributed by atoms with E-state index in [2.05, 4.69) is 10.2 Å². The zero-order chi connectivity index (χ0) is 10.3. The number of likely N-dealkylation sites (tertiary alicyclic amines) is 1. The van der Waals surface area contributed by atoms with Gasteiger partial charge in [-0.15, -0.1) is 0 Å². The molecule has 3 aliphatic rings. The van der Waals surface area contributed by atoms with Gasteiger partial charge in [-0.25, -0.2) is 0 Å². The first-order valence-corrected chi connectivity index (χ1v) is 5.92. The van der Waals surface area contributed by atoms with Gasteiger partial charge in [-0.2, -0.15) is 0 Å². The fourth-order valence-electron chi connectivity index (χ4n) is 3.02. The molecule has 4 nitrogen and oxygen atoms in total. The van der Waals surface area contributed by atoms with Crippen molar-refractivity contribution in [3.05, 3.63) is 0 Å². The van der Waals surface area contributed by atoms with E-state index < -0.39 is 0 Å². The van der Waals surface area contributed by atoms with Crippen molar-refractivity contribution >= 4 is 5.91 Å². The molecular weight excluding hydrogens is 192 g/mol. The minimum atomic E-state index is 0.150. The Labute approximate surface area is 90.0 Å². The lowest BCUT2D eigenvalue weighted by atomic mass is 10.0. The van der Waals surface area contributed by atoms with Crippen molar-refractivity contribution in [1.29, 1.82) is 0 Å². The number of hydrogen-bond donors (Lipinski definition) is 1. The summed E-state index contributed by atoms with van der Waals surface area (Å²) < 4.78 is 5.27. The van der Waals surface area contributed by atoms with E-state index in [1.165, 1.54) is 0 Å². The van der Waals surface area contributed by atoms with Crippen LogP contribution in [0.25, 0.3) is 0 Å². The van der Waals surface area contributed by atoms with E-state index in [1.807, 2.05) is 0 Å². The molecule has 1 amide bonds. The molecule has 3 atom stereocenters. The standard InChI is InChI=1S/C11H18N2O2/c14-11(8-1-2-15-7-8)13-5-9-3-12-4-10(9)6-13/h8-10,12H,1-7H2/t8?,9-,10+. The van der Waals surface area contributed by atoms with Crippen molar-refractivity contribution < 1.29 is 9.53 Å². The molecule has 1 N–H and O–H groups in total. The quantitative estimate of drug-likeness (QED) is 0.646. The largest absolute Gasteiger partial charge is 0.381 e. The Morgan fingerprint density at radius 2 is 2.00 bits per heavy atom. The summed E-state index contributed by atoms with van der Waals surface area (Å²) in [6, 6.07) is 0. The highest BCUT2D eigenvalue weighted by molar-refractivity contribution is 5.79. The fraction of sp³-hybridized carbons (Fsp3) is 0.909. The number of fused-ring (bicyclic) bond motifs is 1. The summed E-state index contributed by atoms with van der Waals surface area (Å²) in [5.41, 5.74) is 0. The predicted molar refractivity (Wildman–Crippen MR) is 55.4 cm³/mol. The van der Waals surface area contributed by atoms with Gasteiger partial charge in [0.1, 0.15) is 0 Å². The van der Waals surface area contributed by atoms with Gasteiger partial charge < -0.3 is 15.0 Å². The third kappa shape index (κ3) is 1.66. The monoisotopic (exact) mass is 210 g/mol. The lowest BCUT2D eigenvalue weighted by Crippen LogP contribution is -2.36. The third-order valence-electron chi connectivity index (χ3n) is 3.98. The van der Waals surface area contributed by atoms with Crippen LogP contribution < -0.4 is 5.32 Å². The first-order valence-electron chi connectivity index (χ1n) is 5.92. The molecule has 84 valence electrons. The van der Waals surface area contributed by atoms with Gasteiger partial charge in [0, 0.05) is 32.8 Å². The summed E-state index contributed by atoms with van der Waals surface area (Å²) in [5, 5.41) is 3.39. The Balaban J connectivity index is 1.61. The highest BCUT2D eigenvalue weighted by atomic mass is 16.5. The Bertz CT molecular complexity index is 251. The zero-order valence-electron chi connectivity index (χ0n) is 8.95. The second-order valence-corrected chi connectivity index (χ2v) is 4.98. The van der Waals surface area contributed by atoms with Gasteiger partial charge in [-0.1, -0.05) is 0 Å². The molecule has 0 spiro atoms. The van der Waals surface area contributed by atoms with Crippen LogP contribution in [0.5, 0.6) is 0 Å². The molecule has 1 unspecified atom stereocenters. The Kier molecular flexibility index (Phi) is 2.41. The molecule has 3 saturated heterocycles. The molecule has 0 aromatic rings. The van der Waals surface area contributed by atoms with Gasteiger partial charge in [-0.05, 0) is 18.3 Å². The van der Waals surface area contributed by atoms with Gasteiger partial charge in [0.25, 0.3) is 0 Å². The summed E-state index contributed by atoms with van der Waals surface area (Å²) in [7, 11) is 0.